The van der Waals surface area contributed by atoms with Gasteiger partial charge in [-0.2, -0.15) is 0 Å². The second kappa shape index (κ2) is 10.9. The number of anilines is 1. The molecule has 1 heterocycles. The van der Waals surface area contributed by atoms with Crippen molar-refractivity contribution in [2.75, 3.05) is 37.3 Å². The lowest BCUT2D eigenvalue weighted by molar-refractivity contribution is -0.134. The molecule has 0 saturated carbocycles. The maximum absolute atomic E-state index is 14.6. The Morgan fingerprint density at radius 2 is 1.69 bits per heavy atom. The number of nitrogens with zero attached hydrogens (tertiary/aromatic N) is 2. The number of hydrogen-bond acceptors (Lipinski definition) is 7. The van der Waals surface area contributed by atoms with Crippen LogP contribution in [-0.4, -0.2) is 68.5 Å². The van der Waals surface area contributed by atoms with Crippen LogP contribution in [-0.2, 0) is 25.8 Å². The molecule has 0 bridgehead atoms. The first kappa shape index (κ1) is 26.9. The zero-order valence-electron chi connectivity index (χ0n) is 20.2. The number of rotatable bonds is 8. The number of amides is 1. The van der Waals surface area contributed by atoms with Crippen molar-refractivity contribution < 1.29 is 27.2 Å². The second-order valence-corrected chi connectivity index (χ2v) is 12.5. The van der Waals surface area contributed by atoms with E-state index in [0.717, 1.165) is 17.2 Å². The highest BCUT2D eigenvalue weighted by Gasteiger charge is 2.26. The number of carbonyl (C=O) groups is 3. The fourth-order valence-corrected chi connectivity index (χ4v) is 5.38. The molecule has 0 aliphatic carbocycles. The van der Waals surface area contributed by atoms with Gasteiger partial charge in [0.2, 0.25) is 5.78 Å². The summed E-state index contributed by atoms with van der Waals surface area (Å²) in [5.74, 6) is -1.83. The summed E-state index contributed by atoms with van der Waals surface area (Å²) in [4.78, 5) is 40.9. The highest BCUT2D eigenvalue weighted by atomic mass is 32.2. The minimum atomic E-state index is -3.51. The van der Waals surface area contributed by atoms with Crippen LogP contribution in [0.1, 0.15) is 36.7 Å². The van der Waals surface area contributed by atoms with Crippen LogP contribution < -0.4 is 4.90 Å². The molecular weight excluding hydrogens is 491 g/mol. The van der Waals surface area contributed by atoms with E-state index in [0.29, 0.717) is 43.0 Å². The van der Waals surface area contributed by atoms with Crippen molar-refractivity contribution in [1.29, 1.82) is 0 Å². The molecule has 2 aromatic rings. The summed E-state index contributed by atoms with van der Waals surface area (Å²) in [6.07, 6.45) is 0.974. The molecule has 35 heavy (non-hydrogen) atoms. The summed E-state index contributed by atoms with van der Waals surface area (Å²) in [6.45, 7) is 6.76. The van der Waals surface area contributed by atoms with Crippen molar-refractivity contribution >= 4 is 44.8 Å². The van der Waals surface area contributed by atoms with Crippen LogP contribution in [0.2, 0.25) is 0 Å². The molecule has 0 spiro atoms. The Balaban J connectivity index is 1.78. The normalized spacial score (nSPS) is 14.3. The topological polar surface area (TPSA) is 91.8 Å². The molecule has 0 atom stereocenters. The lowest BCUT2D eigenvalue weighted by atomic mass is 10.0. The maximum Gasteiger partial charge on any atom is 0.255 e. The smallest absolute Gasteiger partial charge is 0.255 e. The fraction of sp³-hybridized carbons (Fsp3) is 0.400. The van der Waals surface area contributed by atoms with Crippen LogP contribution >= 0.6 is 11.8 Å². The minimum Gasteiger partial charge on any atom is -0.366 e. The molecule has 188 valence electrons. The van der Waals surface area contributed by atoms with Crippen LogP contribution in [0.5, 0.6) is 0 Å². The summed E-state index contributed by atoms with van der Waals surface area (Å²) in [7, 11) is -3.51. The zero-order valence-corrected chi connectivity index (χ0v) is 21.8. The summed E-state index contributed by atoms with van der Waals surface area (Å²) in [6, 6.07) is 9.12. The van der Waals surface area contributed by atoms with Crippen molar-refractivity contribution in [2.24, 2.45) is 0 Å². The van der Waals surface area contributed by atoms with Gasteiger partial charge in [-0.15, -0.1) is 11.8 Å². The van der Waals surface area contributed by atoms with E-state index in [1.807, 2.05) is 19.9 Å². The number of sulfone groups is 1. The van der Waals surface area contributed by atoms with Gasteiger partial charge in [-0.3, -0.25) is 14.4 Å². The van der Waals surface area contributed by atoms with Gasteiger partial charge >= 0.3 is 0 Å². The minimum absolute atomic E-state index is 0.0568. The van der Waals surface area contributed by atoms with E-state index in [4.69, 9.17) is 0 Å². The van der Waals surface area contributed by atoms with Gasteiger partial charge in [0.1, 0.15) is 5.82 Å². The molecule has 3 rings (SSSR count). The number of hydrogen-bond donors (Lipinski definition) is 0. The first-order chi connectivity index (χ1) is 16.4. The summed E-state index contributed by atoms with van der Waals surface area (Å²) in [5.41, 5.74) is 1.38. The zero-order chi connectivity index (χ0) is 25.9. The Hall–Kier alpha value is -2.72. The van der Waals surface area contributed by atoms with Gasteiger partial charge in [0.15, 0.2) is 15.6 Å². The number of Topliss-reactive ketones (excluding diaryl/α,β-unsaturated/α-hetero) is 2. The number of ketones is 2. The molecular formula is C25H29FN2O5S2. The van der Waals surface area contributed by atoms with E-state index in [2.05, 4.69) is 0 Å². The summed E-state index contributed by atoms with van der Waals surface area (Å²) in [5, 5.41) is 0.237. The van der Waals surface area contributed by atoms with Crippen molar-refractivity contribution in [2.45, 2.75) is 42.2 Å². The molecule has 0 unspecified atom stereocenters. The van der Waals surface area contributed by atoms with Gasteiger partial charge in [-0.25, -0.2) is 12.8 Å². The van der Waals surface area contributed by atoms with Gasteiger partial charge < -0.3 is 9.80 Å². The molecule has 2 aromatic carbocycles. The highest BCUT2D eigenvalue weighted by molar-refractivity contribution is 8.00. The third-order valence-corrected chi connectivity index (χ3v) is 7.84. The molecule has 1 amide bonds. The van der Waals surface area contributed by atoms with Crippen LogP contribution in [0.4, 0.5) is 10.1 Å². The highest BCUT2D eigenvalue weighted by Crippen LogP contribution is 2.30. The summed E-state index contributed by atoms with van der Waals surface area (Å²) >= 11 is 1.55. The number of benzene rings is 2. The molecule has 0 N–H and O–H groups in total. The lowest BCUT2D eigenvalue weighted by Gasteiger charge is -2.36. The van der Waals surface area contributed by atoms with Crippen LogP contribution in [0.3, 0.4) is 0 Å². The Labute approximate surface area is 209 Å². The summed E-state index contributed by atoms with van der Waals surface area (Å²) < 4.78 is 38.0. The first-order valence-electron chi connectivity index (χ1n) is 11.2. The molecule has 0 radical (unpaired) electrons. The monoisotopic (exact) mass is 520 g/mol. The van der Waals surface area contributed by atoms with E-state index in [9.17, 15) is 27.2 Å². The molecule has 1 fully saturated rings. The Morgan fingerprint density at radius 3 is 2.23 bits per heavy atom. The third-order valence-electron chi connectivity index (χ3n) is 5.65. The lowest BCUT2D eigenvalue weighted by Crippen LogP contribution is -2.49. The Bertz CT molecular complexity index is 1250. The molecule has 1 aliphatic heterocycles. The number of carbonyl (C=O) groups excluding carboxylic acids is 3. The predicted molar refractivity (Wildman–Crippen MR) is 134 cm³/mol. The molecule has 1 aliphatic rings. The Kier molecular flexibility index (Phi) is 8.38. The van der Waals surface area contributed by atoms with E-state index in [1.54, 1.807) is 33.7 Å². The molecule has 10 heteroatoms. The number of halogens is 1. The van der Waals surface area contributed by atoms with Gasteiger partial charge in [0, 0.05) is 55.9 Å². The van der Waals surface area contributed by atoms with Crippen molar-refractivity contribution in [1.82, 2.24) is 4.90 Å². The predicted octanol–water partition coefficient (Wildman–Crippen LogP) is 3.39. The average Bonchev–Trinajstić information content (AvgIpc) is 2.78. The van der Waals surface area contributed by atoms with Crippen molar-refractivity contribution in [3.8, 4) is 0 Å². The van der Waals surface area contributed by atoms with Gasteiger partial charge in [-0.1, -0.05) is 19.9 Å². The van der Waals surface area contributed by atoms with E-state index >= 15 is 0 Å². The van der Waals surface area contributed by atoms with Crippen molar-refractivity contribution in [3.05, 3.63) is 53.3 Å². The molecule has 7 nitrogen and oxygen atoms in total. The quantitative estimate of drug-likeness (QED) is 0.389. The average molecular weight is 521 g/mol. The van der Waals surface area contributed by atoms with E-state index in [-0.39, 0.29) is 22.5 Å². The largest absolute Gasteiger partial charge is 0.366 e. The number of piperazine rings is 1. The van der Waals surface area contributed by atoms with Gasteiger partial charge in [0.25, 0.3) is 5.91 Å². The van der Waals surface area contributed by atoms with E-state index < -0.39 is 27.2 Å². The fourth-order valence-electron chi connectivity index (χ4n) is 3.82. The molecule has 1 saturated heterocycles. The number of thioether (sulfide) groups is 1. The molecule has 0 aromatic heterocycles. The maximum atomic E-state index is 14.6. The Morgan fingerprint density at radius 1 is 1.03 bits per heavy atom. The third kappa shape index (κ3) is 6.70. The van der Waals surface area contributed by atoms with Crippen LogP contribution in [0.15, 0.2) is 46.2 Å². The SMILES string of the molecule is CC(=O)C(=O)Cc1ccc(SC(C)C)c(C(=O)N2CCN(c3ccc(S(C)(=O)=O)cc3F)CC2)c1. The van der Waals surface area contributed by atoms with Gasteiger partial charge in [0.05, 0.1) is 16.1 Å². The standard InChI is InChI=1S/C25H29FN2O5S2/c1-16(2)34-24-8-5-18(14-23(30)17(3)29)13-20(24)25(31)28-11-9-27(10-12-28)22-7-6-19(15-21(22)26)35(4,32)33/h5-8,13,15-16H,9-12,14H2,1-4H3. The van der Waals surface area contributed by atoms with Crippen LogP contribution in [0.25, 0.3) is 0 Å². The first-order valence-corrected chi connectivity index (χ1v) is 14.0. The van der Waals surface area contributed by atoms with Crippen LogP contribution in [0, 0.1) is 5.82 Å². The van der Waals surface area contributed by atoms with Gasteiger partial charge in [-0.05, 0) is 35.9 Å². The van der Waals surface area contributed by atoms with E-state index in [1.165, 1.54) is 19.1 Å². The second-order valence-electron chi connectivity index (χ2n) is 8.82. The van der Waals surface area contributed by atoms with Crippen molar-refractivity contribution in [3.63, 3.8) is 0 Å².